The Morgan fingerprint density at radius 2 is 2.00 bits per heavy atom. The Balaban J connectivity index is 1.61. The van der Waals surface area contributed by atoms with Crippen molar-refractivity contribution >= 4 is 11.9 Å². The summed E-state index contributed by atoms with van der Waals surface area (Å²) >= 11 is 0. The second-order valence-electron chi connectivity index (χ2n) is 6.36. The van der Waals surface area contributed by atoms with Gasteiger partial charge in [0.1, 0.15) is 11.3 Å². The molecule has 3 rings (SSSR count). The van der Waals surface area contributed by atoms with Crippen molar-refractivity contribution in [2.24, 2.45) is 5.92 Å². The Kier molecular flexibility index (Phi) is 4.74. The van der Waals surface area contributed by atoms with Gasteiger partial charge in [-0.05, 0) is 48.1 Å². The summed E-state index contributed by atoms with van der Waals surface area (Å²) in [4.78, 5) is 23.6. The van der Waals surface area contributed by atoms with Gasteiger partial charge in [0.25, 0.3) is 0 Å². The number of ether oxygens (including phenoxy) is 1. The van der Waals surface area contributed by atoms with Crippen LogP contribution < -0.4 is 10.1 Å². The molecule has 2 N–H and O–H groups in total. The zero-order valence-electron chi connectivity index (χ0n) is 14.3. The molecule has 1 aliphatic rings. The number of methoxy groups -OCH3 is 1. The van der Waals surface area contributed by atoms with Crippen molar-refractivity contribution in [3.63, 3.8) is 0 Å². The van der Waals surface area contributed by atoms with Gasteiger partial charge in [-0.3, -0.25) is 4.79 Å². The van der Waals surface area contributed by atoms with Gasteiger partial charge >= 0.3 is 5.97 Å². The highest BCUT2D eigenvalue weighted by atomic mass is 16.5. The molecule has 1 amide bonds. The van der Waals surface area contributed by atoms with Gasteiger partial charge in [-0.2, -0.15) is 0 Å². The number of carboxylic acid groups (broad SMARTS) is 1. The lowest BCUT2D eigenvalue weighted by Gasteiger charge is -2.09. The molecule has 2 atom stereocenters. The Hall–Kier alpha value is -2.82. The van der Waals surface area contributed by atoms with Gasteiger partial charge in [0.2, 0.25) is 5.91 Å². The number of rotatable bonds is 6. The molecule has 0 aromatic heterocycles. The third-order valence-electron chi connectivity index (χ3n) is 4.68. The van der Waals surface area contributed by atoms with Gasteiger partial charge in [0.15, 0.2) is 0 Å². The number of aromatic carboxylic acids is 1. The van der Waals surface area contributed by atoms with E-state index >= 15 is 0 Å². The second kappa shape index (κ2) is 6.97. The minimum atomic E-state index is -1.05. The maximum atomic E-state index is 12.4. The van der Waals surface area contributed by atoms with Crippen molar-refractivity contribution < 1.29 is 19.4 Å². The molecule has 0 radical (unpaired) electrons. The van der Waals surface area contributed by atoms with E-state index in [-0.39, 0.29) is 23.3 Å². The van der Waals surface area contributed by atoms with E-state index in [4.69, 9.17) is 4.74 Å². The van der Waals surface area contributed by atoms with Crippen LogP contribution in [0.3, 0.4) is 0 Å². The van der Waals surface area contributed by atoms with Gasteiger partial charge in [-0.1, -0.05) is 30.3 Å². The number of nitrogens with one attached hydrogen (secondary N) is 1. The van der Waals surface area contributed by atoms with Gasteiger partial charge < -0.3 is 15.2 Å². The number of hydrogen-bond donors (Lipinski definition) is 2. The number of hydrogen-bond acceptors (Lipinski definition) is 3. The number of benzene rings is 2. The first kappa shape index (κ1) is 17.0. The van der Waals surface area contributed by atoms with Crippen LogP contribution in [0.25, 0.3) is 0 Å². The first-order chi connectivity index (χ1) is 12.0. The summed E-state index contributed by atoms with van der Waals surface area (Å²) in [6, 6.07) is 13.0. The molecule has 0 bridgehead atoms. The van der Waals surface area contributed by atoms with E-state index in [1.165, 1.54) is 24.3 Å². The molecule has 0 spiro atoms. The van der Waals surface area contributed by atoms with E-state index in [2.05, 4.69) is 24.4 Å². The summed E-state index contributed by atoms with van der Waals surface area (Å²) in [6.07, 6.45) is 0.861. The van der Waals surface area contributed by atoms with Crippen LogP contribution in [0.5, 0.6) is 5.75 Å². The molecule has 1 aliphatic carbocycles. The van der Waals surface area contributed by atoms with Gasteiger partial charge in [0.05, 0.1) is 7.11 Å². The SMILES string of the molecule is COc1ccc(CNC(=O)[C@H]2C[C@H]2c2ccccc2C)cc1C(=O)O. The van der Waals surface area contributed by atoms with Crippen molar-refractivity contribution in [2.45, 2.75) is 25.8 Å². The number of amides is 1. The normalized spacial score (nSPS) is 18.5. The standard InChI is InChI=1S/C20H21NO4/c1-12-5-3-4-6-14(12)15-10-16(15)19(22)21-11-13-7-8-18(25-2)17(9-13)20(23)24/h3-9,15-16H,10-11H2,1-2H3,(H,21,22)(H,23,24)/t15-,16-/m0/s1. The topological polar surface area (TPSA) is 75.6 Å². The maximum Gasteiger partial charge on any atom is 0.339 e. The van der Waals surface area contributed by atoms with Gasteiger partial charge in [-0.25, -0.2) is 4.79 Å². The summed E-state index contributed by atoms with van der Waals surface area (Å²) in [7, 11) is 1.43. The number of carbonyl (C=O) groups excluding carboxylic acids is 1. The fourth-order valence-corrected chi connectivity index (χ4v) is 3.18. The quantitative estimate of drug-likeness (QED) is 0.848. The molecule has 1 fully saturated rings. The lowest BCUT2D eigenvalue weighted by molar-refractivity contribution is -0.122. The van der Waals surface area contributed by atoms with Crippen molar-refractivity contribution in [1.29, 1.82) is 0 Å². The van der Waals surface area contributed by atoms with Crippen LogP contribution in [0, 0.1) is 12.8 Å². The second-order valence-corrected chi connectivity index (χ2v) is 6.36. The predicted molar refractivity (Wildman–Crippen MR) is 93.8 cm³/mol. The van der Waals surface area contributed by atoms with Crippen LogP contribution in [0.4, 0.5) is 0 Å². The summed E-state index contributed by atoms with van der Waals surface area (Å²) in [5.41, 5.74) is 3.28. The number of carboxylic acids is 1. The van der Waals surface area contributed by atoms with Crippen molar-refractivity contribution in [1.82, 2.24) is 5.32 Å². The van der Waals surface area contributed by atoms with E-state index in [0.717, 1.165) is 12.0 Å². The number of carbonyl (C=O) groups is 2. The van der Waals surface area contributed by atoms with Crippen LogP contribution >= 0.6 is 0 Å². The lowest BCUT2D eigenvalue weighted by atomic mass is 10.0. The highest BCUT2D eigenvalue weighted by Gasteiger charge is 2.44. The minimum absolute atomic E-state index is 0.00158. The zero-order chi connectivity index (χ0) is 18.0. The minimum Gasteiger partial charge on any atom is -0.496 e. The smallest absolute Gasteiger partial charge is 0.339 e. The van der Waals surface area contributed by atoms with Crippen LogP contribution in [0.1, 0.15) is 39.4 Å². The largest absolute Gasteiger partial charge is 0.496 e. The van der Waals surface area contributed by atoms with E-state index in [0.29, 0.717) is 12.3 Å². The van der Waals surface area contributed by atoms with Crippen LogP contribution in [-0.2, 0) is 11.3 Å². The fourth-order valence-electron chi connectivity index (χ4n) is 3.18. The molecule has 5 heteroatoms. The molecule has 5 nitrogen and oxygen atoms in total. The summed E-state index contributed by atoms with van der Waals surface area (Å²) in [5.74, 6) is -0.442. The van der Waals surface area contributed by atoms with E-state index < -0.39 is 5.97 Å². The average Bonchev–Trinajstić information content (AvgIpc) is 3.40. The molecule has 130 valence electrons. The van der Waals surface area contributed by atoms with Crippen LogP contribution in [0.15, 0.2) is 42.5 Å². The fraction of sp³-hybridized carbons (Fsp3) is 0.300. The van der Waals surface area contributed by atoms with Crippen molar-refractivity contribution in [3.05, 3.63) is 64.7 Å². The highest BCUT2D eigenvalue weighted by molar-refractivity contribution is 5.91. The van der Waals surface area contributed by atoms with E-state index in [9.17, 15) is 14.7 Å². The third-order valence-corrected chi connectivity index (χ3v) is 4.68. The molecular weight excluding hydrogens is 318 g/mol. The number of aryl methyl sites for hydroxylation is 1. The van der Waals surface area contributed by atoms with Gasteiger partial charge in [-0.15, -0.1) is 0 Å². The third kappa shape index (κ3) is 3.65. The van der Waals surface area contributed by atoms with Gasteiger partial charge in [0, 0.05) is 12.5 Å². The molecule has 25 heavy (non-hydrogen) atoms. The van der Waals surface area contributed by atoms with E-state index in [1.807, 2.05) is 12.1 Å². The highest BCUT2D eigenvalue weighted by Crippen LogP contribution is 2.48. The monoisotopic (exact) mass is 339 g/mol. The van der Waals surface area contributed by atoms with E-state index in [1.54, 1.807) is 12.1 Å². The van der Waals surface area contributed by atoms with Crippen molar-refractivity contribution in [3.8, 4) is 5.75 Å². The summed E-state index contributed by atoms with van der Waals surface area (Å²) in [6.45, 7) is 2.37. The molecule has 0 heterocycles. The molecule has 2 aromatic rings. The first-order valence-corrected chi connectivity index (χ1v) is 8.24. The van der Waals surface area contributed by atoms with Crippen LogP contribution in [0.2, 0.25) is 0 Å². The molecular formula is C20H21NO4. The van der Waals surface area contributed by atoms with Crippen LogP contribution in [-0.4, -0.2) is 24.1 Å². The molecule has 2 aromatic carbocycles. The first-order valence-electron chi connectivity index (χ1n) is 8.24. The summed E-state index contributed by atoms with van der Waals surface area (Å²) in [5, 5.41) is 12.1. The predicted octanol–water partition coefficient (Wildman–Crippen LogP) is 3.12. The molecule has 1 saturated carbocycles. The Morgan fingerprint density at radius 3 is 2.68 bits per heavy atom. The Morgan fingerprint density at radius 1 is 1.24 bits per heavy atom. The lowest BCUT2D eigenvalue weighted by Crippen LogP contribution is -2.25. The maximum absolute atomic E-state index is 12.4. The Labute approximate surface area is 146 Å². The summed E-state index contributed by atoms with van der Waals surface area (Å²) < 4.78 is 5.04. The zero-order valence-corrected chi connectivity index (χ0v) is 14.3. The Bertz CT molecular complexity index is 815. The molecule has 0 saturated heterocycles. The average molecular weight is 339 g/mol. The molecule has 0 aliphatic heterocycles. The molecule has 0 unspecified atom stereocenters. The van der Waals surface area contributed by atoms with Crippen molar-refractivity contribution in [2.75, 3.05) is 7.11 Å².